The van der Waals surface area contributed by atoms with Crippen LogP contribution >= 0.6 is 0 Å². The van der Waals surface area contributed by atoms with E-state index in [0.29, 0.717) is 24.8 Å². The zero-order valence-corrected chi connectivity index (χ0v) is 22.3. The number of ether oxygens (including phenoxy) is 1. The summed E-state index contributed by atoms with van der Waals surface area (Å²) in [7, 11) is 1.36. The molecule has 206 valence electrons. The van der Waals surface area contributed by atoms with Crippen LogP contribution in [0.1, 0.15) is 52.9 Å². The van der Waals surface area contributed by atoms with Crippen LogP contribution in [0.3, 0.4) is 0 Å². The first-order chi connectivity index (χ1) is 18.1. The fourth-order valence-corrected chi connectivity index (χ4v) is 4.83. The van der Waals surface area contributed by atoms with Gasteiger partial charge in [-0.25, -0.2) is 13.8 Å². The van der Waals surface area contributed by atoms with Crippen LogP contribution in [-0.4, -0.2) is 42.4 Å². The van der Waals surface area contributed by atoms with Gasteiger partial charge in [0.05, 0.1) is 19.2 Å². The molecule has 38 heavy (non-hydrogen) atoms. The lowest BCUT2D eigenvalue weighted by molar-refractivity contribution is -0.128. The minimum Gasteiger partial charge on any atom is -0.496 e. The van der Waals surface area contributed by atoms with Crippen molar-refractivity contribution < 1.29 is 27.9 Å². The van der Waals surface area contributed by atoms with E-state index in [1.54, 1.807) is 0 Å². The highest BCUT2D eigenvalue weighted by molar-refractivity contribution is 5.92. The second kappa shape index (κ2) is 13.3. The molecule has 1 aliphatic rings. The molecule has 0 radical (unpaired) electrons. The Hall–Kier alpha value is -3.56. The summed E-state index contributed by atoms with van der Waals surface area (Å²) < 4.78 is 33.4. The molecule has 0 bridgehead atoms. The number of benzene rings is 1. The van der Waals surface area contributed by atoms with Crippen molar-refractivity contribution in [2.24, 2.45) is 17.8 Å². The van der Waals surface area contributed by atoms with Crippen molar-refractivity contribution >= 4 is 23.5 Å². The molecule has 1 aromatic carbocycles. The first-order valence-corrected chi connectivity index (χ1v) is 12.9. The minimum absolute atomic E-state index is 0.122. The van der Waals surface area contributed by atoms with Gasteiger partial charge in [0.25, 0.3) is 0 Å². The summed E-state index contributed by atoms with van der Waals surface area (Å²) in [5.41, 5.74) is 0.455. The summed E-state index contributed by atoms with van der Waals surface area (Å²) in [6.45, 7) is 5.74. The number of anilines is 1. The van der Waals surface area contributed by atoms with Crippen molar-refractivity contribution in [2.75, 3.05) is 19.0 Å². The average molecular weight is 531 g/mol. The average Bonchev–Trinajstić information content (AvgIpc) is 2.87. The lowest BCUT2D eigenvalue weighted by atomic mass is 9.84. The molecule has 0 saturated heterocycles. The van der Waals surface area contributed by atoms with Crippen molar-refractivity contribution in [3.05, 3.63) is 42.1 Å². The molecule has 0 aliphatic heterocycles. The molecule has 8 nitrogen and oxygen atoms in total. The van der Waals surface area contributed by atoms with E-state index in [4.69, 9.17) is 4.74 Å². The predicted molar refractivity (Wildman–Crippen MR) is 140 cm³/mol. The SMILES string of the molecule is COc1cc(F)ccc1-c1cc(NC(=O)[C@H]2CCC[C@@H](NC(=O)[C@@H](CNC(C)=O)CC(C)C)C2)ncc1F. The standard InChI is InChI=1S/C28H36F2N4O4/c1-16(2)10-19(14-31-17(3)35)28(37)33-21-7-5-6-18(11-21)27(36)34-26-13-23(24(30)15-32-26)22-9-8-20(29)12-25(22)38-4/h8-9,12-13,15-16,18-19,21H,5-7,10-11,14H2,1-4H3,(H,31,35)(H,33,37)(H,32,34,36)/t18-,19+,21+/m0/s1. The first-order valence-electron chi connectivity index (χ1n) is 12.9. The van der Waals surface area contributed by atoms with Gasteiger partial charge in [0.15, 0.2) is 0 Å². The van der Waals surface area contributed by atoms with Gasteiger partial charge in [0.1, 0.15) is 23.2 Å². The fraction of sp³-hybridized carbons (Fsp3) is 0.500. The number of pyridine rings is 1. The zero-order chi connectivity index (χ0) is 27.8. The van der Waals surface area contributed by atoms with E-state index in [2.05, 4.69) is 20.9 Å². The van der Waals surface area contributed by atoms with Crippen LogP contribution in [0.15, 0.2) is 30.5 Å². The van der Waals surface area contributed by atoms with E-state index in [9.17, 15) is 23.2 Å². The number of aromatic nitrogens is 1. The van der Waals surface area contributed by atoms with Crippen LogP contribution in [0.5, 0.6) is 5.75 Å². The van der Waals surface area contributed by atoms with Crippen molar-refractivity contribution in [1.82, 2.24) is 15.6 Å². The maximum absolute atomic E-state index is 14.6. The van der Waals surface area contributed by atoms with Crippen LogP contribution < -0.4 is 20.7 Å². The third-order valence-corrected chi connectivity index (χ3v) is 6.68. The normalized spacial score (nSPS) is 18.0. The molecule has 3 N–H and O–H groups in total. The van der Waals surface area contributed by atoms with E-state index in [0.717, 1.165) is 25.1 Å². The van der Waals surface area contributed by atoms with Crippen molar-refractivity contribution in [3.8, 4) is 16.9 Å². The molecule has 2 aromatic rings. The summed E-state index contributed by atoms with van der Waals surface area (Å²) in [5, 5.41) is 8.56. The summed E-state index contributed by atoms with van der Waals surface area (Å²) in [5.74, 6) is -1.83. The Balaban J connectivity index is 1.66. The Labute approximate surface area is 221 Å². The van der Waals surface area contributed by atoms with E-state index < -0.39 is 11.6 Å². The monoisotopic (exact) mass is 530 g/mol. The quantitative estimate of drug-likeness (QED) is 0.421. The second-order valence-corrected chi connectivity index (χ2v) is 10.2. The molecule has 3 amide bonds. The molecule has 1 aliphatic carbocycles. The Bertz CT molecular complexity index is 1160. The van der Waals surface area contributed by atoms with Gasteiger partial charge in [-0.3, -0.25) is 14.4 Å². The lowest BCUT2D eigenvalue weighted by Gasteiger charge is -2.30. The zero-order valence-electron chi connectivity index (χ0n) is 22.3. The van der Waals surface area contributed by atoms with Crippen LogP contribution in [0.4, 0.5) is 14.6 Å². The van der Waals surface area contributed by atoms with Gasteiger partial charge in [0.2, 0.25) is 17.7 Å². The second-order valence-electron chi connectivity index (χ2n) is 10.2. The number of hydrogen-bond donors (Lipinski definition) is 3. The molecule has 1 fully saturated rings. The van der Waals surface area contributed by atoms with Gasteiger partial charge < -0.3 is 20.7 Å². The molecule has 1 saturated carbocycles. The number of amides is 3. The van der Waals surface area contributed by atoms with Crippen LogP contribution in [-0.2, 0) is 14.4 Å². The Morgan fingerprint density at radius 1 is 1.13 bits per heavy atom. The number of carbonyl (C=O) groups excluding carboxylic acids is 3. The van der Waals surface area contributed by atoms with E-state index >= 15 is 0 Å². The minimum atomic E-state index is -0.636. The van der Waals surface area contributed by atoms with Gasteiger partial charge in [0, 0.05) is 42.6 Å². The number of halogens is 2. The largest absolute Gasteiger partial charge is 0.496 e. The molecular weight excluding hydrogens is 494 g/mol. The molecule has 0 unspecified atom stereocenters. The number of nitrogens with one attached hydrogen (secondary N) is 3. The van der Waals surface area contributed by atoms with Gasteiger partial charge in [-0.2, -0.15) is 0 Å². The Morgan fingerprint density at radius 3 is 2.58 bits per heavy atom. The van der Waals surface area contributed by atoms with E-state index in [1.165, 1.54) is 32.2 Å². The number of hydrogen-bond acceptors (Lipinski definition) is 5. The van der Waals surface area contributed by atoms with Gasteiger partial charge in [-0.05, 0) is 49.8 Å². The van der Waals surface area contributed by atoms with Crippen molar-refractivity contribution in [3.63, 3.8) is 0 Å². The van der Waals surface area contributed by atoms with Gasteiger partial charge >= 0.3 is 0 Å². The molecule has 3 atom stereocenters. The summed E-state index contributed by atoms with van der Waals surface area (Å²) in [6, 6.07) is 4.99. The number of nitrogens with zero attached hydrogens (tertiary/aromatic N) is 1. The maximum atomic E-state index is 14.6. The van der Waals surface area contributed by atoms with Crippen LogP contribution in [0, 0.1) is 29.4 Å². The van der Waals surface area contributed by atoms with Gasteiger partial charge in [-0.15, -0.1) is 0 Å². The third kappa shape index (κ3) is 7.97. The fourth-order valence-electron chi connectivity index (χ4n) is 4.83. The number of rotatable bonds is 10. The van der Waals surface area contributed by atoms with E-state index in [1.807, 2.05) is 13.8 Å². The topological polar surface area (TPSA) is 109 Å². The highest BCUT2D eigenvalue weighted by Crippen LogP contribution is 2.34. The van der Waals surface area contributed by atoms with Crippen LogP contribution in [0.25, 0.3) is 11.1 Å². The van der Waals surface area contributed by atoms with Crippen LogP contribution in [0.2, 0.25) is 0 Å². The maximum Gasteiger partial charge on any atom is 0.228 e. The molecule has 10 heteroatoms. The summed E-state index contributed by atoms with van der Waals surface area (Å²) in [4.78, 5) is 41.4. The number of methoxy groups -OCH3 is 1. The molecule has 3 rings (SSSR count). The predicted octanol–water partition coefficient (Wildman–Crippen LogP) is 4.45. The molecule has 0 spiro atoms. The Morgan fingerprint density at radius 2 is 1.89 bits per heavy atom. The van der Waals surface area contributed by atoms with Gasteiger partial charge in [-0.1, -0.05) is 20.3 Å². The summed E-state index contributed by atoms with van der Waals surface area (Å²) in [6.07, 6.45) is 4.28. The highest BCUT2D eigenvalue weighted by Gasteiger charge is 2.30. The summed E-state index contributed by atoms with van der Waals surface area (Å²) >= 11 is 0. The molecule has 1 aromatic heterocycles. The smallest absolute Gasteiger partial charge is 0.228 e. The third-order valence-electron chi connectivity index (χ3n) is 6.68. The molecule has 1 heterocycles. The number of carbonyl (C=O) groups is 3. The Kier molecular flexibility index (Phi) is 10.2. The van der Waals surface area contributed by atoms with Crippen molar-refractivity contribution in [1.29, 1.82) is 0 Å². The van der Waals surface area contributed by atoms with Crippen molar-refractivity contribution in [2.45, 2.75) is 58.9 Å². The van der Waals surface area contributed by atoms with E-state index in [-0.39, 0.29) is 65.2 Å². The highest BCUT2D eigenvalue weighted by atomic mass is 19.1. The first kappa shape index (κ1) is 29.0. The molecular formula is C28H36F2N4O4. The lowest BCUT2D eigenvalue weighted by Crippen LogP contribution is -2.46.